The molecule has 2 aliphatic heterocycles. The minimum Gasteiger partial charge on any atom is -0.265 e. The summed E-state index contributed by atoms with van der Waals surface area (Å²) in [5, 5.41) is 0. The Labute approximate surface area is 212 Å². The lowest BCUT2D eigenvalue weighted by molar-refractivity contribution is 0.988. The van der Waals surface area contributed by atoms with Crippen LogP contribution < -0.4 is 16.4 Å². The summed E-state index contributed by atoms with van der Waals surface area (Å²) in [6.07, 6.45) is 12.0. The summed E-state index contributed by atoms with van der Waals surface area (Å²) in [7, 11) is 0. The van der Waals surface area contributed by atoms with Crippen molar-refractivity contribution in [2.45, 2.75) is 32.6 Å². The maximum atomic E-state index is 4.51. The molecule has 0 saturated heterocycles. The van der Waals surface area contributed by atoms with Crippen LogP contribution >= 0.6 is 0 Å². The van der Waals surface area contributed by atoms with Crippen molar-refractivity contribution in [1.29, 1.82) is 0 Å². The molecule has 0 unspecified atom stereocenters. The summed E-state index contributed by atoms with van der Waals surface area (Å²) >= 11 is 0. The van der Waals surface area contributed by atoms with Gasteiger partial charge in [-0.2, -0.15) is 0 Å². The molecule has 2 nitrogen and oxygen atoms in total. The second-order valence-electron chi connectivity index (χ2n) is 10.7. The Hall–Kier alpha value is -3.98. The van der Waals surface area contributed by atoms with Crippen molar-refractivity contribution in [2.75, 3.05) is 0 Å². The number of hydrogen-bond acceptors (Lipinski definition) is 2. The molecule has 36 heavy (non-hydrogen) atoms. The van der Waals surface area contributed by atoms with Crippen LogP contribution in [0.25, 0.3) is 11.1 Å². The molecule has 0 atom stereocenters. The van der Waals surface area contributed by atoms with Crippen molar-refractivity contribution in [3.8, 4) is 11.1 Å². The monoisotopic (exact) mass is 460 g/mol. The van der Waals surface area contributed by atoms with Gasteiger partial charge in [0.05, 0.1) is 0 Å². The summed E-state index contributed by atoms with van der Waals surface area (Å²) in [6.45, 7) is 2.49. The fourth-order valence-corrected chi connectivity index (χ4v) is 7.04. The van der Waals surface area contributed by atoms with E-state index in [0.717, 1.165) is 25.7 Å². The number of aromatic nitrogens is 2. The van der Waals surface area contributed by atoms with Crippen LogP contribution in [0.3, 0.4) is 0 Å². The van der Waals surface area contributed by atoms with E-state index in [9.17, 15) is 0 Å². The first kappa shape index (κ1) is 20.2. The highest BCUT2D eigenvalue weighted by molar-refractivity contribution is 6.97. The highest BCUT2D eigenvalue weighted by Gasteiger charge is 2.37. The van der Waals surface area contributed by atoms with Gasteiger partial charge in [-0.3, -0.25) is 9.97 Å². The van der Waals surface area contributed by atoms with E-state index in [4.69, 9.17) is 0 Å². The van der Waals surface area contributed by atoms with Gasteiger partial charge in [-0.1, -0.05) is 54.0 Å². The van der Waals surface area contributed by atoms with Crippen LogP contribution in [0, 0.1) is 6.92 Å². The fourth-order valence-electron chi connectivity index (χ4n) is 7.04. The van der Waals surface area contributed by atoms with Gasteiger partial charge < -0.3 is 0 Å². The fraction of sp³-hybridized carbons (Fsp3) is 0.152. The van der Waals surface area contributed by atoms with Gasteiger partial charge in [-0.05, 0) is 117 Å². The van der Waals surface area contributed by atoms with Crippen LogP contribution in [0.2, 0.25) is 0 Å². The largest absolute Gasteiger partial charge is 0.265 e. The molecule has 3 heteroatoms. The third-order valence-corrected chi connectivity index (χ3v) is 8.74. The Kier molecular flexibility index (Phi) is 4.22. The van der Waals surface area contributed by atoms with Crippen molar-refractivity contribution in [3.63, 3.8) is 0 Å². The Morgan fingerprint density at radius 3 is 1.92 bits per heavy atom. The molecule has 0 fully saturated rings. The maximum absolute atomic E-state index is 4.51. The van der Waals surface area contributed by atoms with Gasteiger partial charge in [0.2, 0.25) is 6.71 Å². The van der Waals surface area contributed by atoms with Gasteiger partial charge in [0.25, 0.3) is 0 Å². The quantitative estimate of drug-likeness (QED) is 0.342. The minimum atomic E-state index is 0.234. The van der Waals surface area contributed by atoms with Crippen LogP contribution in [0.4, 0.5) is 0 Å². The van der Waals surface area contributed by atoms with Crippen molar-refractivity contribution in [1.82, 2.24) is 9.97 Å². The molecule has 3 aliphatic rings. The Bertz CT molecular complexity index is 1650. The van der Waals surface area contributed by atoms with Gasteiger partial charge in [0.15, 0.2) is 0 Å². The van der Waals surface area contributed by atoms with Crippen LogP contribution in [-0.4, -0.2) is 16.7 Å². The molecule has 3 aromatic carbocycles. The summed E-state index contributed by atoms with van der Waals surface area (Å²) in [6, 6.07) is 23.1. The smallest absolute Gasteiger partial charge is 0.246 e. The van der Waals surface area contributed by atoms with E-state index in [1.807, 2.05) is 12.4 Å². The van der Waals surface area contributed by atoms with Gasteiger partial charge in [0.1, 0.15) is 0 Å². The molecular weight excluding hydrogens is 435 g/mol. The average molecular weight is 460 g/mol. The zero-order valence-electron chi connectivity index (χ0n) is 20.4. The number of aryl methyl sites for hydroxylation is 1. The molecule has 4 heterocycles. The number of pyridine rings is 2. The second-order valence-corrected chi connectivity index (χ2v) is 10.7. The highest BCUT2D eigenvalue weighted by Crippen LogP contribution is 2.37. The molecule has 0 bridgehead atoms. The van der Waals surface area contributed by atoms with Crippen LogP contribution in [0.5, 0.6) is 0 Å². The van der Waals surface area contributed by atoms with Crippen molar-refractivity contribution in [2.24, 2.45) is 0 Å². The number of hydrogen-bond donors (Lipinski definition) is 0. The minimum absolute atomic E-state index is 0.234. The van der Waals surface area contributed by atoms with E-state index in [2.05, 4.69) is 89.9 Å². The van der Waals surface area contributed by atoms with E-state index < -0.39 is 0 Å². The van der Waals surface area contributed by atoms with E-state index in [0.29, 0.717) is 0 Å². The molecule has 0 amide bonds. The lowest BCUT2D eigenvalue weighted by atomic mass is 9.31. The number of rotatable bonds is 1. The van der Waals surface area contributed by atoms with E-state index in [-0.39, 0.29) is 6.71 Å². The SMILES string of the molecule is Cc1cccc2c1Cc1c(cccc1-c1cc3c4c(c1)Cc1ccncc1B4c1cnccc1C3)C2. The molecule has 2 aromatic heterocycles. The molecule has 170 valence electrons. The molecule has 8 rings (SSSR count). The third kappa shape index (κ3) is 2.86. The van der Waals surface area contributed by atoms with Gasteiger partial charge in [-0.15, -0.1) is 0 Å². The van der Waals surface area contributed by atoms with E-state index in [1.54, 1.807) is 0 Å². The molecule has 5 aromatic rings. The summed E-state index contributed by atoms with van der Waals surface area (Å²) in [4.78, 5) is 9.03. The first-order valence-corrected chi connectivity index (χ1v) is 12.9. The zero-order chi connectivity index (χ0) is 23.8. The average Bonchev–Trinajstić information content (AvgIpc) is 2.91. The number of fused-ring (bicyclic) bond motifs is 6. The topological polar surface area (TPSA) is 25.8 Å². The van der Waals surface area contributed by atoms with Crippen LogP contribution in [0.1, 0.15) is 50.1 Å². The molecule has 0 radical (unpaired) electrons. The van der Waals surface area contributed by atoms with Crippen molar-refractivity contribution in [3.05, 3.63) is 136 Å². The predicted molar refractivity (Wildman–Crippen MR) is 147 cm³/mol. The van der Waals surface area contributed by atoms with E-state index in [1.165, 1.54) is 77.6 Å². The zero-order valence-corrected chi connectivity index (χ0v) is 20.4. The second kappa shape index (κ2) is 7.51. The maximum Gasteiger partial charge on any atom is 0.246 e. The summed E-state index contributed by atoms with van der Waals surface area (Å²) in [5.41, 5.74) is 20.0. The Morgan fingerprint density at radius 1 is 0.611 bits per heavy atom. The lowest BCUT2D eigenvalue weighted by Crippen LogP contribution is -2.61. The molecule has 1 aliphatic carbocycles. The summed E-state index contributed by atoms with van der Waals surface area (Å²) < 4.78 is 0. The standard InChI is InChI=1S/C33H25BN2/c1-20-4-2-5-21-12-22-6-3-7-28(30(22)17-29(20)21)25-15-26-13-23-8-10-35-18-31(23)34-32-19-36-11-9-24(32)14-27(16-25)33(26)34/h2-11,15-16,18-19H,12-14,17H2,1H3. The Balaban J connectivity index is 1.33. The Morgan fingerprint density at radius 2 is 1.22 bits per heavy atom. The third-order valence-electron chi connectivity index (χ3n) is 8.74. The van der Waals surface area contributed by atoms with Crippen molar-refractivity contribution < 1.29 is 0 Å². The normalized spacial score (nSPS) is 14.3. The van der Waals surface area contributed by atoms with Crippen LogP contribution in [-0.2, 0) is 25.7 Å². The number of nitrogens with zero attached hydrogens (tertiary/aromatic N) is 2. The molecule has 0 saturated carbocycles. The highest BCUT2D eigenvalue weighted by atomic mass is 14.6. The van der Waals surface area contributed by atoms with Gasteiger partial charge in [0, 0.05) is 24.8 Å². The molecule has 0 N–H and O–H groups in total. The predicted octanol–water partition coefficient (Wildman–Crippen LogP) is 4.27. The number of benzene rings is 3. The van der Waals surface area contributed by atoms with Gasteiger partial charge in [-0.25, -0.2) is 0 Å². The lowest BCUT2D eigenvalue weighted by Gasteiger charge is -2.34. The molecular formula is C33H25BN2. The first-order chi connectivity index (χ1) is 17.7. The van der Waals surface area contributed by atoms with Crippen LogP contribution in [0.15, 0.2) is 85.5 Å². The van der Waals surface area contributed by atoms with Gasteiger partial charge >= 0.3 is 0 Å². The summed E-state index contributed by atoms with van der Waals surface area (Å²) in [5.74, 6) is 0. The molecule has 0 spiro atoms. The first-order valence-electron chi connectivity index (χ1n) is 12.9. The van der Waals surface area contributed by atoms with Crippen molar-refractivity contribution >= 4 is 23.1 Å². The van der Waals surface area contributed by atoms with E-state index >= 15 is 0 Å².